The van der Waals surface area contributed by atoms with Crippen molar-refractivity contribution in [3.8, 4) is 5.88 Å². The zero-order valence-electron chi connectivity index (χ0n) is 8.03. The van der Waals surface area contributed by atoms with Crippen LogP contribution < -0.4 is 4.74 Å². The van der Waals surface area contributed by atoms with Gasteiger partial charge in [0.2, 0.25) is 5.82 Å². The topological polar surface area (TPSA) is 44.2 Å². The van der Waals surface area contributed by atoms with Crippen molar-refractivity contribution in [2.24, 2.45) is 0 Å². The van der Waals surface area contributed by atoms with E-state index >= 15 is 0 Å². The molecule has 1 aromatic rings. The Balaban J connectivity index is 2.86. The minimum atomic E-state index is -0.592. The van der Waals surface area contributed by atoms with E-state index in [1.807, 2.05) is 6.92 Å². The van der Waals surface area contributed by atoms with Crippen molar-refractivity contribution >= 4 is 6.08 Å². The average Bonchev–Trinajstić information content (AvgIpc) is 2.21. The van der Waals surface area contributed by atoms with E-state index in [1.165, 1.54) is 25.8 Å². The van der Waals surface area contributed by atoms with E-state index in [-0.39, 0.29) is 11.6 Å². The van der Waals surface area contributed by atoms with Gasteiger partial charge in [0, 0.05) is 6.08 Å². The molecule has 0 N–H and O–H groups in total. The quantitative estimate of drug-likeness (QED) is 0.690. The van der Waals surface area contributed by atoms with Crippen molar-refractivity contribution in [2.75, 3.05) is 13.7 Å². The minimum absolute atomic E-state index is 0.0730. The fraction of sp³-hybridized carbons (Fsp3) is 0.333. The predicted molar refractivity (Wildman–Crippen MR) is 49.2 cm³/mol. The van der Waals surface area contributed by atoms with Crippen LogP contribution in [-0.4, -0.2) is 23.7 Å². The monoisotopic (exact) mass is 198 g/mol. The molecule has 0 radical (unpaired) electrons. The molecular formula is C9H11FN2O2. The number of ether oxygens (including phenoxy) is 2. The van der Waals surface area contributed by atoms with E-state index in [0.717, 1.165) is 0 Å². The van der Waals surface area contributed by atoms with E-state index in [4.69, 9.17) is 9.47 Å². The first-order valence-corrected chi connectivity index (χ1v) is 4.12. The summed E-state index contributed by atoms with van der Waals surface area (Å²) in [6, 6.07) is 0. The molecule has 0 aliphatic heterocycles. The van der Waals surface area contributed by atoms with Crippen LogP contribution >= 0.6 is 0 Å². The lowest BCUT2D eigenvalue weighted by Crippen LogP contribution is -1.96. The zero-order valence-corrected chi connectivity index (χ0v) is 8.03. The Morgan fingerprint density at radius 3 is 2.93 bits per heavy atom. The van der Waals surface area contributed by atoms with Crippen LogP contribution in [0.4, 0.5) is 4.39 Å². The number of halogens is 1. The normalized spacial score (nSPS) is 10.5. The van der Waals surface area contributed by atoms with Crippen LogP contribution in [0.5, 0.6) is 5.88 Å². The van der Waals surface area contributed by atoms with Gasteiger partial charge >= 0.3 is 0 Å². The first kappa shape index (κ1) is 10.4. The maximum absolute atomic E-state index is 13.3. The van der Waals surface area contributed by atoms with Crippen molar-refractivity contribution < 1.29 is 13.9 Å². The highest BCUT2D eigenvalue weighted by Crippen LogP contribution is 2.15. The lowest BCUT2D eigenvalue weighted by Gasteiger charge is -2.01. The molecule has 0 aliphatic carbocycles. The number of methoxy groups -OCH3 is 1. The second-order valence-electron chi connectivity index (χ2n) is 2.34. The lowest BCUT2D eigenvalue weighted by atomic mass is 10.4. The van der Waals surface area contributed by atoms with Gasteiger partial charge in [-0.05, 0) is 6.92 Å². The summed E-state index contributed by atoms with van der Waals surface area (Å²) in [4.78, 5) is 7.33. The highest BCUT2D eigenvalue weighted by atomic mass is 19.1. The highest BCUT2D eigenvalue weighted by molar-refractivity contribution is 5.45. The Morgan fingerprint density at radius 2 is 2.29 bits per heavy atom. The number of hydrogen-bond donors (Lipinski definition) is 0. The number of aromatic nitrogens is 2. The molecule has 76 valence electrons. The molecule has 0 aliphatic rings. The van der Waals surface area contributed by atoms with Gasteiger partial charge in [-0.3, -0.25) is 0 Å². The van der Waals surface area contributed by atoms with Crippen LogP contribution in [0.25, 0.3) is 6.08 Å². The van der Waals surface area contributed by atoms with E-state index < -0.39 is 5.82 Å². The van der Waals surface area contributed by atoms with Gasteiger partial charge in [0.15, 0.2) is 0 Å². The van der Waals surface area contributed by atoms with Crippen molar-refractivity contribution in [2.45, 2.75) is 6.92 Å². The second kappa shape index (κ2) is 5.16. The van der Waals surface area contributed by atoms with Gasteiger partial charge < -0.3 is 9.47 Å². The van der Waals surface area contributed by atoms with Crippen LogP contribution in [-0.2, 0) is 4.74 Å². The molecule has 1 rings (SSSR count). The van der Waals surface area contributed by atoms with Gasteiger partial charge in [-0.25, -0.2) is 4.98 Å². The SMILES string of the molecule is CCOC=Cc1ncnc(OC)c1F. The zero-order chi connectivity index (χ0) is 10.4. The highest BCUT2D eigenvalue weighted by Gasteiger charge is 2.08. The third kappa shape index (κ3) is 2.42. The second-order valence-corrected chi connectivity index (χ2v) is 2.34. The van der Waals surface area contributed by atoms with Crippen molar-refractivity contribution in [3.63, 3.8) is 0 Å². The van der Waals surface area contributed by atoms with Crippen LogP contribution in [0.2, 0.25) is 0 Å². The number of nitrogens with zero attached hydrogens (tertiary/aromatic N) is 2. The summed E-state index contributed by atoms with van der Waals surface area (Å²) >= 11 is 0. The predicted octanol–water partition coefficient (Wildman–Crippen LogP) is 1.63. The van der Waals surface area contributed by atoms with Crippen molar-refractivity contribution in [1.82, 2.24) is 9.97 Å². The third-order valence-corrected chi connectivity index (χ3v) is 1.47. The molecule has 0 aromatic carbocycles. The number of rotatable bonds is 4. The summed E-state index contributed by atoms with van der Waals surface area (Å²) in [6.45, 7) is 2.36. The number of hydrogen-bond acceptors (Lipinski definition) is 4. The Labute approximate surface area is 81.4 Å². The van der Waals surface area contributed by atoms with Gasteiger partial charge in [-0.2, -0.15) is 9.37 Å². The van der Waals surface area contributed by atoms with E-state index in [1.54, 1.807) is 0 Å². The van der Waals surface area contributed by atoms with Crippen LogP contribution in [0.15, 0.2) is 12.6 Å². The largest absolute Gasteiger partial charge is 0.501 e. The van der Waals surface area contributed by atoms with Gasteiger partial charge in [0.1, 0.15) is 12.0 Å². The molecule has 0 amide bonds. The molecule has 14 heavy (non-hydrogen) atoms. The van der Waals surface area contributed by atoms with Crippen LogP contribution in [0.3, 0.4) is 0 Å². The molecule has 5 heteroatoms. The first-order chi connectivity index (χ1) is 6.79. The molecule has 4 nitrogen and oxygen atoms in total. The van der Waals surface area contributed by atoms with Crippen molar-refractivity contribution in [3.05, 3.63) is 24.1 Å². The van der Waals surface area contributed by atoms with Crippen molar-refractivity contribution in [1.29, 1.82) is 0 Å². The lowest BCUT2D eigenvalue weighted by molar-refractivity contribution is 0.272. The molecule has 1 heterocycles. The summed E-state index contributed by atoms with van der Waals surface area (Å²) in [6.07, 6.45) is 4.03. The Hall–Kier alpha value is -1.65. The maximum atomic E-state index is 13.3. The fourth-order valence-corrected chi connectivity index (χ4v) is 0.834. The van der Waals surface area contributed by atoms with Gasteiger partial charge in [0.05, 0.1) is 20.0 Å². The third-order valence-electron chi connectivity index (χ3n) is 1.47. The standard InChI is InChI=1S/C9H11FN2O2/c1-3-14-5-4-7-8(10)9(13-2)12-6-11-7/h4-6H,3H2,1-2H3. The first-order valence-electron chi connectivity index (χ1n) is 4.12. The van der Waals surface area contributed by atoms with Crippen LogP contribution in [0, 0.1) is 5.82 Å². The molecule has 0 unspecified atom stereocenters. The fourth-order valence-electron chi connectivity index (χ4n) is 0.834. The van der Waals surface area contributed by atoms with Gasteiger partial charge in [-0.15, -0.1) is 0 Å². The van der Waals surface area contributed by atoms with Gasteiger partial charge in [0.25, 0.3) is 5.88 Å². The van der Waals surface area contributed by atoms with Crippen LogP contribution in [0.1, 0.15) is 12.6 Å². The molecule has 1 aromatic heterocycles. The Bertz CT molecular complexity index is 329. The summed E-state index contributed by atoms with van der Waals surface area (Å²) in [5, 5.41) is 0. The van der Waals surface area contributed by atoms with E-state index in [9.17, 15) is 4.39 Å². The van der Waals surface area contributed by atoms with E-state index in [0.29, 0.717) is 6.61 Å². The van der Waals surface area contributed by atoms with Gasteiger partial charge in [-0.1, -0.05) is 0 Å². The minimum Gasteiger partial charge on any atom is -0.501 e. The smallest absolute Gasteiger partial charge is 0.253 e. The Kier molecular flexibility index (Phi) is 3.84. The van der Waals surface area contributed by atoms with E-state index in [2.05, 4.69) is 9.97 Å². The summed E-state index contributed by atoms with van der Waals surface area (Å²) in [5.74, 6) is -0.665. The summed E-state index contributed by atoms with van der Waals surface area (Å²) < 4.78 is 23.0. The summed E-state index contributed by atoms with van der Waals surface area (Å²) in [7, 11) is 1.35. The molecule has 0 spiro atoms. The molecule has 0 fully saturated rings. The molecule has 0 saturated heterocycles. The maximum Gasteiger partial charge on any atom is 0.253 e. The molecule has 0 atom stereocenters. The molecule has 0 bridgehead atoms. The Morgan fingerprint density at radius 1 is 1.50 bits per heavy atom. The molecule has 0 saturated carbocycles. The summed E-state index contributed by atoms with van der Waals surface area (Å²) in [5.41, 5.74) is 0.144. The average molecular weight is 198 g/mol. The molecular weight excluding hydrogens is 187 g/mol.